The minimum Gasteiger partial charge on any atom is -0.491 e. The number of imide groups is 1. The largest absolute Gasteiger partial charge is 0.491 e. The van der Waals surface area contributed by atoms with Gasteiger partial charge in [-0.15, -0.1) is 0 Å². The van der Waals surface area contributed by atoms with Crippen molar-refractivity contribution in [3.8, 4) is 5.75 Å². The van der Waals surface area contributed by atoms with Gasteiger partial charge in [-0.1, -0.05) is 42.8 Å². The number of para-hydroxylation sites is 1. The van der Waals surface area contributed by atoms with Crippen LogP contribution in [0, 0.1) is 29.1 Å². The van der Waals surface area contributed by atoms with E-state index in [1.54, 1.807) is 25.1 Å². The monoisotopic (exact) mass is 569 g/mol. The minimum atomic E-state index is -1.17. The van der Waals surface area contributed by atoms with Gasteiger partial charge in [-0.25, -0.2) is 4.79 Å². The number of hydrogen-bond acceptors (Lipinski definition) is 7. The van der Waals surface area contributed by atoms with Gasteiger partial charge in [0.2, 0.25) is 11.8 Å². The summed E-state index contributed by atoms with van der Waals surface area (Å²) < 4.78 is 5.90. The summed E-state index contributed by atoms with van der Waals surface area (Å²) in [6.45, 7) is 3.30. The number of hydrogen-bond donors (Lipinski definition) is 2. The molecule has 2 aromatic carbocycles. The standard InChI is InChI=1S/C33H31NO8/c1-17-14-25(36)24-16-23-20(28(33(24,2)29(17)37)21-8-3-4-9-26(21)42-13-12-35)10-11-22-27(23)31(39)34(30(22)38)19-7-5-6-18(15-19)32(40)41/h3-10,14-15,22-24,27-28,35H,11-13,16H2,1-2H3,(H,40,41)/t22-,23+,24-,27-,28+,33+/m0/s1. The summed E-state index contributed by atoms with van der Waals surface area (Å²) in [6.07, 6.45) is 3.84. The second-order valence-electron chi connectivity index (χ2n) is 11.7. The van der Waals surface area contributed by atoms with Gasteiger partial charge in [0.15, 0.2) is 11.6 Å². The first kappa shape index (κ1) is 27.8. The molecule has 6 rings (SSSR count). The number of carboxylic acids is 1. The second kappa shape index (κ2) is 10.2. The number of allylic oxidation sites excluding steroid dienone is 4. The first-order chi connectivity index (χ1) is 20.1. The number of anilines is 1. The molecule has 1 saturated carbocycles. The minimum absolute atomic E-state index is 0.0387. The maximum atomic E-state index is 14.1. The highest BCUT2D eigenvalue weighted by Gasteiger charge is 2.63. The van der Waals surface area contributed by atoms with Crippen LogP contribution in [0.5, 0.6) is 5.75 Å². The van der Waals surface area contributed by atoms with Crippen molar-refractivity contribution in [2.45, 2.75) is 32.6 Å². The van der Waals surface area contributed by atoms with Crippen LogP contribution in [0.3, 0.4) is 0 Å². The number of aromatic carboxylic acids is 1. The van der Waals surface area contributed by atoms with E-state index in [-0.39, 0.29) is 48.9 Å². The molecule has 9 nitrogen and oxygen atoms in total. The van der Waals surface area contributed by atoms with E-state index in [9.17, 15) is 34.2 Å². The van der Waals surface area contributed by atoms with Crippen molar-refractivity contribution in [1.82, 2.24) is 0 Å². The summed E-state index contributed by atoms with van der Waals surface area (Å²) in [5, 5.41) is 18.9. The molecule has 1 saturated heterocycles. The van der Waals surface area contributed by atoms with Crippen LogP contribution in [-0.2, 0) is 19.2 Å². The molecule has 0 aromatic heterocycles. The zero-order valence-electron chi connectivity index (χ0n) is 23.3. The van der Waals surface area contributed by atoms with Gasteiger partial charge in [-0.2, -0.15) is 0 Å². The molecule has 0 radical (unpaired) electrons. The lowest BCUT2D eigenvalue weighted by molar-refractivity contribution is -0.141. The van der Waals surface area contributed by atoms with Gasteiger partial charge >= 0.3 is 5.97 Å². The fraction of sp³-hybridized carbons (Fsp3) is 0.364. The highest BCUT2D eigenvalue weighted by Crippen LogP contribution is 2.63. The smallest absolute Gasteiger partial charge is 0.335 e. The summed E-state index contributed by atoms with van der Waals surface area (Å²) in [4.78, 5) is 68.0. The molecule has 42 heavy (non-hydrogen) atoms. The zero-order chi connectivity index (χ0) is 29.9. The molecule has 9 heteroatoms. The Morgan fingerprint density at radius 3 is 2.55 bits per heavy atom. The molecule has 1 aliphatic heterocycles. The summed E-state index contributed by atoms with van der Waals surface area (Å²) in [5.74, 6) is -5.11. The van der Waals surface area contributed by atoms with Gasteiger partial charge in [-0.05, 0) is 61.6 Å². The second-order valence-corrected chi connectivity index (χ2v) is 11.7. The molecule has 3 aliphatic carbocycles. The molecule has 2 amide bonds. The van der Waals surface area contributed by atoms with Crippen LogP contribution < -0.4 is 9.64 Å². The number of aliphatic hydroxyl groups excluding tert-OH is 1. The van der Waals surface area contributed by atoms with E-state index in [2.05, 4.69) is 0 Å². The van der Waals surface area contributed by atoms with Gasteiger partial charge < -0.3 is 14.9 Å². The summed E-state index contributed by atoms with van der Waals surface area (Å²) in [5.41, 5.74) is 0.901. The Morgan fingerprint density at radius 1 is 1.05 bits per heavy atom. The van der Waals surface area contributed by atoms with Crippen LogP contribution in [0.1, 0.15) is 48.5 Å². The molecule has 0 unspecified atom stereocenters. The maximum Gasteiger partial charge on any atom is 0.335 e. The maximum absolute atomic E-state index is 14.1. The lowest BCUT2D eigenvalue weighted by Crippen LogP contribution is -2.54. The Balaban J connectivity index is 1.49. The molecule has 0 spiro atoms. The number of carboxylic acid groups (broad SMARTS) is 1. The van der Waals surface area contributed by atoms with Gasteiger partial charge in [0.25, 0.3) is 0 Å². The molecule has 0 bridgehead atoms. The number of rotatable bonds is 6. The summed E-state index contributed by atoms with van der Waals surface area (Å²) >= 11 is 0. The average Bonchev–Trinajstić information content (AvgIpc) is 3.24. The van der Waals surface area contributed by atoms with Crippen molar-refractivity contribution in [3.05, 3.63) is 83.0 Å². The Morgan fingerprint density at radius 2 is 1.81 bits per heavy atom. The molecular formula is C33H31NO8. The number of carbonyl (C=O) groups is 5. The molecular weight excluding hydrogens is 538 g/mol. The van der Waals surface area contributed by atoms with E-state index in [1.807, 2.05) is 25.1 Å². The van der Waals surface area contributed by atoms with Crippen LogP contribution in [0.15, 0.2) is 71.8 Å². The zero-order valence-corrected chi connectivity index (χ0v) is 23.3. The number of ether oxygens (including phenoxy) is 1. The number of carbonyl (C=O) groups excluding carboxylic acids is 4. The predicted molar refractivity (Wildman–Crippen MR) is 151 cm³/mol. The molecule has 4 aliphatic rings. The average molecular weight is 570 g/mol. The molecule has 2 N–H and O–H groups in total. The number of fused-ring (bicyclic) bond motifs is 4. The highest BCUT2D eigenvalue weighted by atomic mass is 16.5. The van der Waals surface area contributed by atoms with Crippen molar-refractivity contribution in [1.29, 1.82) is 0 Å². The SMILES string of the molecule is CC1=CC(=O)[C@@H]2C[C@@H]3C(=CC[C@@H]4C(=O)N(c5cccc(C(=O)O)c5)C(=O)[C@@H]43)[C@H](c3ccccc3OCCO)[C@]2(C)C1=O. The number of amides is 2. The van der Waals surface area contributed by atoms with Crippen molar-refractivity contribution in [2.24, 2.45) is 29.1 Å². The van der Waals surface area contributed by atoms with Gasteiger partial charge in [-0.3, -0.25) is 24.1 Å². The van der Waals surface area contributed by atoms with E-state index in [1.165, 1.54) is 24.3 Å². The van der Waals surface area contributed by atoms with Crippen molar-refractivity contribution in [3.63, 3.8) is 0 Å². The Hall–Kier alpha value is -4.37. The third-order valence-corrected chi connectivity index (χ3v) is 9.57. The van der Waals surface area contributed by atoms with Gasteiger partial charge in [0, 0.05) is 17.4 Å². The fourth-order valence-corrected chi connectivity index (χ4v) is 7.78. The normalized spacial score (nSPS) is 30.3. The van der Waals surface area contributed by atoms with Crippen LogP contribution in [0.2, 0.25) is 0 Å². The Bertz CT molecular complexity index is 1600. The van der Waals surface area contributed by atoms with Crippen LogP contribution in [0.25, 0.3) is 0 Å². The number of Topliss-reactive ketones (excluding diaryl/α,β-unsaturated/α-hetero) is 1. The number of ketones is 2. The van der Waals surface area contributed by atoms with Crippen LogP contribution in [-0.4, -0.2) is 52.8 Å². The van der Waals surface area contributed by atoms with Gasteiger partial charge in [0.1, 0.15) is 12.4 Å². The molecule has 2 aromatic rings. The van der Waals surface area contributed by atoms with Crippen molar-refractivity contribution in [2.75, 3.05) is 18.1 Å². The molecule has 216 valence electrons. The Kier molecular flexibility index (Phi) is 6.73. The topological polar surface area (TPSA) is 138 Å². The molecule has 1 heterocycles. The third-order valence-electron chi connectivity index (χ3n) is 9.57. The number of nitrogens with zero attached hydrogens (tertiary/aromatic N) is 1. The van der Waals surface area contributed by atoms with E-state index >= 15 is 0 Å². The fourth-order valence-electron chi connectivity index (χ4n) is 7.78. The molecule has 6 atom stereocenters. The van der Waals surface area contributed by atoms with Crippen molar-refractivity contribution < 1.29 is 38.9 Å². The predicted octanol–water partition coefficient (Wildman–Crippen LogP) is 3.72. The van der Waals surface area contributed by atoms with E-state index in [0.717, 1.165) is 10.5 Å². The first-order valence-electron chi connectivity index (χ1n) is 14.1. The quantitative estimate of drug-likeness (QED) is 0.397. The van der Waals surface area contributed by atoms with Crippen LogP contribution >= 0.6 is 0 Å². The van der Waals surface area contributed by atoms with Gasteiger partial charge in [0.05, 0.1) is 35.1 Å². The number of aliphatic hydroxyl groups is 1. The third kappa shape index (κ3) is 3.98. The summed E-state index contributed by atoms with van der Waals surface area (Å²) in [6, 6.07) is 13.0. The first-order valence-corrected chi connectivity index (χ1v) is 14.1. The van der Waals surface area contributed by atoms with Crippen LogP contribution in [0.4, 0.5) is 5.69 Å². The lowest BCUT2D eigenvalue weighted by Gasteiger charge is -2.53. The highest BCUT2D eigenvalue weighted by molar-refractivity contribution is 6.23. The Labute approximate surface area is 242 Å². The van der Waals surface area contributed by atoms with Crippen molar-refractivity contribution >= 4 is 35.0 Å². The number of benzene rings is 2. The van der Waals surface area contributed by atoms with E-state index in [0.29, 0.717) is 16.9 Å². The lowest BCUT2D eigenvalue weighted by atomic mass is 9.47. The van der Waals surface area contributed by atoms with E-state index < -0.39 is 52.8 Å². The summed E-state index contributed by atoms with van der Waals surface area (Å²) in [7, 11) is 0. The van der Waals surface area contributed by atoms with E-state index in [4.69, 9.17) is 4.74 Å². The molecule has 2 fully saturated rings.